The van der Waals surface area contributed by atoms with Crippen LogP contribution in [0.5, 0.6) is 5.75 Å². The van der Waals surface area contributed by atoms with Gasteiger partial charge in [0.1, 0.15) is 5.75 Å². The number of Topliss-reactive ketones (excluding diaryl/α,β-unsaturated/α-hetero) is 1. The number of ketones is 1. The summed E-state index contributed by atoms with van der Waals surface area (Å²) in [6, 6.07) is 14.9. The summed E-state index contributed by atoms with van der Waals surface area (Å²) in [7, 11) is 1.65. The van der Waals surface area contributed by atoms with E-state index in [2.05, 4.69) is 5.32 Å². The van der Waals surface area contributed by atoms with E-state index >= 15 is 0 Å². The Morgan fingerprint density at radius 2 is 1.76 bits per heavy atom. The van der Waals surface area contributed by atoms with E-state index in [4.69, 9.17) is 10.5 Å². The number of methoxy groups -OCH3 is 1. The smallest absolute Gasteiger partial charge is 0.176 e. The van der Waals surface area contributed by atoms with Gasteiger partial charge in [0.05, 0.1) is 13.7 Å². The van der Waals surface area contributed by atoms with Crippen molar-refractivity contribution in [2.24, 2.45) is 0 Å². The number of anilines is 1. The van der Waals surface area contributed by atoms with Crippen LogP contribution in [0.1, 0.15) is 15.9 Å². The van der Waals surface area contributed by atoms with Crippen molar-refractivity contribution in [1.29, 1.82) is 0 Å². The first-order valence-electron chi connectivity index (χ1n) is 6.91. The Morgan fingerprint density at radius 3 is 2.38 bits per heavy atom. The summed E-state index contributed by atoms with van der Waals surface area (Å²) in [6.07, 6.45) is 0.874. The third-order valence-corrected chi connectivity index (χ3v) is 3.27. The number of benzene rings is 2. The molecule has 3 N–H and O–H groups in total. The summed E-state index contributed by atoms with van der Waals surface area (Å²) >= 11 is 0. The molecule has 0 fully saturated rings. The van der Waals surface area contributed by atoms with E-state index in [0.717, 1.165) is 18.7 Å². The SMILES string of the molecule is COc1ccc(CCNCC(=O)c2ccc(N)cc2)cc1. The van der Waals surface area contributed by atoms with Gasteiger partial charge in [-0.1, -0.05) is 12.1 Å². The number of carbonyl (C=O) groups excluding carboxylic acids is 1. The van der Waals surface area contributed by atoms with Gasteiger partial charge in [0.15, 0.2) is 5.78 Å². The molecule has 0 saturated carbocycles. The number of nitrogens with two attached hydrogens (primary N) is 1. The molecular formula is C17H20N2O2. The van der Waals surface area contributed by atoms with Crippen LogP contribution in [0, 0.1) is 0 Å². The molecule has 0 aromatic heterocycles. The summed E-state index contributed by atoms with van der Waals surface area (Å²) in [6.45, 7) is 1.09. The summed E-state index contributed by atoms with van der Waals surface area (Å²) in [4.78, 5) is 11.9. The zero-order chi connectivity index (χ0) is 15.1. The van der Waals surface area contributed by atoms with Gasteiger partial charge in [-0.15, -0.1) is 0 Å². The molecule has 0 radical (unpaired) electrons. The quantitative estimate of drug-likeness (QED) is 0.465. The molecule has 0 unspecified atom stereocenters. The fourth-order valence-electron chi connectivity index (χ4n) is 2.00. The molecule has 110 valence electrons. The Hall–Kier alpha value is -2.33. The van der Waals surface area contributed by atoms with Crippen molar-refractivity contribution in [2.45, 2.75) is 6.42 Å². The fourth-order valence-corrected chi connectivity index (χ4v) is 2.00. The van der Waals surface area contributed by atoms with Gasteiger partial charge in [0.2, 0.25) is 0 Å². The van der Waals surface area contributed by atoms with E-state index < -0.39 is 0 Å². The number of ether oxygens (including phenoxy) is 1. The highest BCUT2D eigenvalue weighted by Crippen LogP contribution is 2.11. The first-order valence-corrected chi connectivity index (χ1v) is 6.91. The molecule has 0 aliphatic heterocycles. The number of nitrogen functional groups attached to an aromatic ring is 1. The van der Waals surface area contributed by atoms with E-state index in [1.165, 1.54) is 5.56 Å². The van der Waals surface area contributed by atoms with E-state index in [9.17, 15) is 4.79 Å². The summed E-state index contributed by atoms with van der Waals surface area (Å²) in [5.74, 6) is 0.926. The normalized spacial score (nSPS) is 10.3. The molecule has 2 aromatic rings. The molecular weight excluding hydrogens is 264 g/mol. The Bertz CT molecular complexity index is 577. The average Bonchev–Trinajstić information content (AvgIpc) is 2.52. The van der Waals surface area contributed by atoms with Gasteiger partial charge in [0, 0.05) is 11.3 Å². The second-order valence-corrected chi connectivity index (χ2v) is 4.82. The van der Waals surface area contributed by atoms with Crippen LogP contribution in [0.15, 0.2) is 48.5 Å². The molecule has 21 heavy (non-hydrogen) atoms. The van der Waals surface area contributed by atoms with E-state index in [-0.39, 0.29) is 5.78 Å². The largest absolute Gasteiger partial charge is 0.497 e. The molecule has 0 heterocycles. The highest BCUT2D eigenvalue weighted by Gasteiger charge is 2.04. The minimum atomic E-state index is 0.0738. The maximum atomic E-state index is 11.9. The van der Waals surface area contributed by atoms with Crippen molar-refractivity contribution >= 4 is 11.5 Å². The molecule has 0 bridgehead atoms. The Labute approximate surface area is 124 Å². The number of rotatable bonds is 7. The van der Waals surface area contributed by atoms with Gasteiger partial charge in [-0.05, 0) is 54.9 Å². The third-order valence-electron chi connectivity index (χ3n) is 3.27. The third kappa shape index (κ3) is 4.61. The highest BCUT2D eigenvalue weighted by atomic mass is 16.5. The van der Waals surface area contributed by atoms with E-state index in [1.807, 2.05) is 24.3 Å². The van der Waals surface area contributed by atoms with Crippen molar-refractivity contribution in [3.63, 3.8) is 0 Å². The monoisotopic (exact) mass is 284 g/mol. The first-order chi connectivity index (χ1) is 10.2. The van der Waals surface area contributed by atoms with Crippen LogP contribution >= 0.6 is 0 Å². The number of carbonyl (C=O) groups is 1. The number of hydrogen-bond acceptors (Lipinski definition) is 4. The molecule has 0 atom stereocenters. The van der Waals surface area contributed by atoms with Gasteiger partial charge in [-0.3, -0.25) is 4.79 Å². The Morgan fingerprint density at radius 1 is 1.10 bits per heavy atom. The molecule has 0 aliphatic rings. The van der Waals surface area contributed by atoms with Crippen molar-refractivity contribution in [3.8, 4) is 5.75 Å². The second-order valence-electron chi connectivity index (χ2n) is 4.82. The van der Waals surface area contributed by atoms with Crippen LogP contribution in [-0.4, -0.2) is 26.0 Å². The predicted octanol–water partition coefficient (Wildman–Crippen LogP) is 2.29. The molecule has 0 saturated heterocycles. The van der Waals surface area contributed by atoms with Gasteiger partial charge in [-0.2, -0.15) is 0 Å². The standard InChI is InChI=1S/C17H20N2O2/c1-21-16-8-2-13(3-9-16)10-11-19-12-17(20)14-4-6-15(18)7-5-14/h2-9,19H,10-12,18H2,1H3. The lowest BCUT2D eigenvalue weighted by Gasteiger charge is -2.06. The minimum absolute atomic E-state index is 0.0738. The molecule has 4 heteroatoms. The van der Waals surface area contributed by atoms with Crippen LogP contribution < -0.4 is 15.8 Å². The van der Waals surface area contributed by atoms with Crippen LogP contribution in [0.25, 0.3) is 0 Å². The second kappa shape index (κ2) is 7.45. The van der Waals surface area contributed by atoms with Crippen LogP contribution in [0.2, 0.25) is 0 Å². The van der Waals surface area contributed by atoms with Crippen LogP contribution in [0.3, 0.4) is 0 Å². The van der Waals surface area contributed by atoms with Crippen molar-refractivity contribution < 1.29 is 9.53 Å². The van der Waals surface area contributed by atoms with Crippen molar-refractivity contribution in [1.82, 2.24) is 5.32 Å². The molecule has 2 rings (SSSR count). The van der Waals surface area contributed by atoms with E-state index in [1.54, 1.807) is 31.4 Å². The highest BCUT2D eigenvalue weighted by molar-refractivity contribution is 5.97. The van der Waals surface area contributed by atoms with Crippen LogP contribution in [-0.2, 0) is 6.42 Å². The maximum Gasteiger partial charge on any atom is 0.176 e. The lowest BCUT2D eigenvalue weighted by molar-refractivity contribution is 0.0991. The van der Waals surface area contributed by atoms with Gasteiger partial charge in [0.25, 0.3) is 0 Å². The maximum absolute atomic E-state index is 11.9. The zero-order valence-electron chi connectivity index (χ0n) is 12.1. The summed E-state index contributed by atoms with van der Waals surface area (Å²) in [5, 5.41) is 3.16. The average molecular weight is 284 g/mol. The molecule has 4 nitrogen and oxygen atoms in total. The van der Waals surface area contributed by atoms with E-state index in [0.29, 0.717) is 17.8 Å². The summed E-state index contributed by atoms with van der Waals surface area (Å²) in [5.41, 5.74) is 8.16. The Balaban J connectivity index is 1.73. The number of nitrogens with one attached hydrogen (secondary N) is 1. The van der Waals surface area contributed by atoms with Crippen LogP contribution in [0.4, 0.5) is 5.69 Å². The topological polar surface area (TPSA) is 64.3 Å². The Kier molecular flexibility index (Phi) is 5.35. The van der Waals surface area contributed by atoms with Gasteiger partial charge < -0.3 is 15.8 Å². The van der Waals surface area contributed by atoms with Crippen molar-refractivity contribution in [2.75, 3.05) is 25.9 Å². The predicted molar refractivity (Wildman–Crippen MR) is 84.8 cm³/mol. The molecule has 0 spiro atoms. The minimum Gasteiger partial charge on any atom is -0.497 e. The van der Waals surface area contributed by atoms with Gasteiger partial charge in [-0.25, -0.2) is 0 Å². The molecule has 0 aliphatic carbocycles. The lowest BCUT2D eigenvalue weighted by atomic mass is 10.1. The van der Waals surface area contributed by atoms with Gasteiger partial charge >= 0.3 is 0 Å². The first kappa shape index (κ1) is 15.1. The lowest BCUT2D eigenvalue weighted by Crippen LogP contribution is -2.25. The molecule has 0 amide bonds. The molecule has 2 aromatic carbocycles. The fraction of sp³-hybridized carbons (Fsp3) is 0.235. The van der Waals surface area contributed by atoms with Crippen molar-refractivity contribution in [3.05, 3.63) is 59.7 Å². The summed E-state index contributed by atoms with van der Waals surface area (Å²) < 4.78 is 5.11. The zero-order valence-corrected chi connectivity index (χ0v) is 12.1. The number of hydrogen-bond donors (Lipinski definition) is 2.